The highest BCUT2D eigenvalue weighted by Crippen LogP contribution is 2.53. The number of halogens is 3. The van der Waals surface area contributed by atoms with Crippen molar-refractivity contribution in [1.29, 1.82) is 0 Å². The molecule has 1 saturated heterocycles. The van der Waals surface area contributed by atoms with Crippen LogP contribution >= 0.6 is 34.8 Å². The summed E-state index contributed by atoms with van der Waals surface area (Å²) in [7, 11) is 1.68. The molecule has 2 heterocycles. The van der Waals surface area contributed by atoms with Gasteiger partial charge in [-0.15, -0.1) is 0 Å². The second kappa shape index (κ2) is 14.0. The number of benzene rings is 2. The van der Waals surface area contributed by atoms with Gasteiger partial charge in [0.2, 0.25) is 0 Å². The minimum Gasteiger partial charge on any atom is -0.454 e. The van der Waals surface area contributed by atoms with Gasteiger partial charge in [-0.2, -0.15) is 0 Å². The molecule has 10 atom stereocenters. The second-order valence-corrected chi connectivity index (χ2v) is 15.5. The standard InChI is InChI=1S/C36H44Cl3N3O7/c1-18-11-27-25(19(2)16-40-17-22-12-23(37)14-24(38)13-22)10-9-20(3)36(27,46)32(31(18)47-21(4)43)48-33(44)29-15-35(45)26-7-6-8-28(39)30(26)42(5)49-34(35)41-29/h6-8,11-14,19-20,25,27,29,31-32,34,40-41,45-46H,9-10,15-17H2,1-5H3/t19?,20-,25+,27-,29+,31-,32+,34-,35-,36-/m1/s1. The third-order valence-electron chi connectivity index (χ3n) is 10.9. The number of aliphatic hydroxyl groups is 2. The minimum absolute atomic E-state index is 0.0319. The average molecular weight is 737 g/mol. The molecule has 6 rings (SSSR count). The lowest BCUT2D eigenvalue weighted by Crippen LogP contribution is -2.66. The maximum atomic E-state index is 14.1. The van der Waals surface area contributed by atoms with Crippen molar-refractivity contribution in [3.63, 3.8) is 0 Å². The predicted octanol–water partition coefficient (Wildman–Crippen LogP) is 5.53. The molecule has 0 amide bonds. The van der Waals surface area contributed by atoms with Crippen LogP contribution in [-0.4, -0.2) is 65.8 Å². The van der Waals surface area contributed by atoms with Crippen LogP contribution in [0.1, 0.15) is 58.1 Å². The maximum absolute atomic E-state index is 14.1. The number of para-hydroxylation sites is 1. The molecule has 2 aromatic carbocycles. The van der Waals surface area contributed by atoms with Crippen LogP contribution in [-0.2, 0) is 36.0 Å². The van der Waals surface area contributed by atoms with E-state index in [0.717, 1.165) is 12.0 Å². The minimum atomic E-state index is -1.57. The van der Waals surface area contributed by atoms with Crippen molar-refractivity contribution < 1.29 is 34.1 Å². The van der Waals surface area contributed by atoms with Gasteiger partial charge in [-0.25, -0.2) is 0 Å². The van der Waals surface area contributed by atoms with Crippen molar-refractivity contribution in [3.05, 3.63) is 74.2 Å². The molecule has 4 aliphatic rings. The van der Waals surface area contributed by atoms with Gasteiger partial charge in [0, 0.05) is 48.5 Å². The van der Waals surface area contributed by atoms with Gasteiger partial charge in [-0.1, -0.05) is 66.9 Å². The Morgan fingerprint density at radius 3 is 2.55 bits per heavy atom. The summed E-state index contributed by atoms with van der Waals surface area (Å²) in [6.07, 6.45) is 0.352. The number of rotatable bonds is 8. The molecule has 2 aliphatic carbocycles. The van der Waals surface area contributed by atoms with Crippen LogP contribution in [0.25, 0.3) is 0 Å². The summed E-state index contributed by atoms with van der Waals surface area (Å²) in [4.78, 5) is 32.4. The van der Waals surface area contributed by atoms with E-state index in [9.17, 15) is 19.8 Å². The molecular formula is C36H44Cl3N3O7. The zero-order valence-corrected chi connectivity index (χ0v) is 30.5. The Hall–Kier alpha value is -2.41. The number of carbonyl (C=O) groups is 2. The first-order valence-electron chi connectivity index (χ1n) is 16.8. The van der Waals surface area contributed by atoms with E-state index < -0.39 is 47.6 Å². The summed E-state index contributed by atoms with van der Waals surface area (Å²) in [5.74, 6) is -1.75. The first kappa shape index (κ1) is 36.4. The average Bonchev–Trinajstić information content (AvgIpc) is 3.37. The molecule has 10 nitrogen and oxygen atoms in total. The Morgan fingerprint density at radius 1 is 1.14 bits per heavy atom. The molecule has 2 aliphatic heterocycles. The van der Waals surface area contributed by atoms with E-state index >= 15 is 0 Å². The van der Waals surface area contributed by atoms with E-state index in [2.05, 4.69) is 17.6 Å². The Bertz CT molecular complexity index is 1620. The summed E-state index contributed by atoms with van der Waals surface area (Å²) in [6, 6.07) is 9.65. The number of ether oxygens (including phenoxy) is 2. The van der Waals surface area contributed by atoms with Gasteiger partial charge in [0.1, 0.15) is 17.2 Å². The maximum Gasteiger partial charge on any atom is 0.323 e. The summed E-state index contributed by atoms with van der Waals surface area (Å²) < 4.78 is 12.0. The summed E-state index contributed by atoms with van der Waals surface area (Å²) in [5, 5.41) is 34.3. The third kappa shape index (κ3) is 6.71. The predicted molar refractivity (Wildman–Crippen MR) is 187 cm³/mol. The van der Waals surface area contributed by atoms with Gasteiger partial charge in [-0.3, -0.25) is 24.8 Å². The SMILES string of the molecule is CC(=O)O[C@@H]1C(C)=C[C@@H]2[C@H](C(C)CNCc3cc(Cl)cc(Cl)c3)CC[C@@H](C)[C@]2(O)[C@H]1OC(=O)[C@@H]1C[C@@]2(O)c3cccc(Cl)c3N(C)O[C@H]2N1. The topological polar surface area (TPSA) is 130 Å². The van der Waals surface area contributed by atoms with E-state index in [1.807, 2.05) is 32.1 Å². The zero-order chi connectivity index (χ0) is 35.4. The molecule has 49 heavy (non-hydrogen) atoms. The molecule has 266 valence electrons. The van der Waals surface area contributed by atoms with E-state index in [0.29, 0.717) is 51.4 Å². The fourth-order valence-corrected chi connectivity index (χ4v) is 9.33. The largest absolute Gasteiger partial charge is 0.454 e. The van der Waals surface area contributed by atoms with E-state index in [1.165, 1.54) is 12.0 Å². The third-order valence-corrected chi connectivity index (χ3v) is 11.7. The molecule has 0 bridgehead atoms. The van der Waals surface area contributed by atoms with Crippen LogP contribution in [0.2, 0.25) is 15.1 Å². The van der Waals surface area contributed by atoms with Crippen molar-refractivity contribution in [2.24, 2.45) is 23.7 Å². The molecule has 0 aromatic heterocycles. The number of nitrogens with one attached hydrogen (secondary N) is 2. The Balaban J connectivity index is 1.24. The Morgan fingerprint density at radius 2 is 1.86 bits per heavy atom. The molecule has 1 saturated carbocycles. The van der Waals surface area contributed by atoms with Gasteiger partial charge in [0.05, 0.1) is 10.7 Å². The van der Waals surface area contributed by atoms with E-state index in [4.69, 9.17) is 49.1 Å². The number of hydroxylamine groups is 1. The van der Waals surface area contributed by atoms with Crippen molar-refractivity contribution in [2.45, 2.75) is 89.2 Å². The summed E-state index contributed by atoms with van der Waals surface area (Å²) in [6.45, 7) is 8.46. The van der Waals surface area contributed by atoms with Crippen LogP contribution in [0.5, 0.6) is 0 Å². The number of esters is 2. The number of nitrogens with zero attached hydrogens (tertiary/aromatic N) is 1. The quantitative estimate of drug-likeness (QED) is 0.203. The van der Waals surface area contributed by atoms with E-state index in [1.54, 1.807) is 31.3 Å². The number of carbonyl (C=O) groups excluding carboxylic acids is 2. The van der Waals surface area contributed by atoms with E-state index in [-0.39, 0.29) is 30.1 Å². The van der Waals surface area contributed by atoms with Gasteiger partial charge in [0.25, 0.3) is 0 Å². The normalized spacial score (nSPS) is 34.3. The first-order valence-corrected chi connectivity index (χ1v) is 17.9. The first-order chi connectivity index (χ1) is 23.1. The lowest BCUT2D eigenvalue weighted by atomic mass is 9.55. The molecule has 0 radical (unpaired) electrons. The van der Waals surface area contributed by atoms with Gasteiger partial charge in [-0.05, 0) is 79.5 Å². The fraction of sp³-hybridized carbons (Fsp3) is 0.556. The van der Waals surface area contributed by atoms with Crippen LogP contribution in [0, 0.1) is 23.7 Å². The van der Waals surface area contributed by atoms with Crippen molar-refractivity contribution in [2.75, 3.05) is 18.7 Å². The summed E-state index contributed by atoms with van der Waals surface area (Å²) >= 11 is 18.8. The van der Waals surface area contributed by atoms with Gasteiger partial charge < -0.3 is 25.0 Å². The molecular weight excluding hydrogens is 693 g/mol. The monoisotopic (exact) mass is 735 g/mol. The van der Waals surface area contributed by atoms with Crippen molar-refractivity contribution >= 4 is 52.4 Å². The summed E-state index contributed by atoms with van der Waals surface area (Å²) in [5.41, 5.74) is -0.394. The van der Waals surface area contributed by atoms with Crippen LogP contribution < -0.4 is 15.7 Å². The van der Waals surface area contributed by atoms with Crippen LogP contribution in [0.3, 0.4) is 0 Å². The highest BCUT2D eigenvalue weighted by Gasteiger charge is 2.62. The smallest absolute Gasteiger partial charge is 0.323 e. The molecule has 4 N–H and O–H groups in total. The zero-order valence-electron chi connectivity index (χ0n) is 28.2. The number of anilines is 1. The lowest BCUT2D eigenvalue weighted by molar-refractivity contribution is -0.225. The van der Waals surface area contributed by atoms with Gasteiger partial charge >= 0.3 is 11.9 Å². The van der Waals surface area contributed by atoms with Gasteiger partial charge in [0.15, 0.2) is 18.4 Å². The Kier molecular flexibility index (Phi) is 10.4. The lowest BCUT2D eigenvalue weighted by Gasteiger charge is -2.56. The van der Waals surface area contributed by atoms with Crippen LogP contribution in [0.4, 0.5) is 5.69 Å². The Labute approximate surface area is 302 Å². The van der Waals surface area contributed by atoms with Crippen LogP contribution in [0.15, 0.2) is 48.0 Å². The number of hydrogen-bond acceptors (Lipinski definition) is 10. The molecule has 2 aromatic rings. The molecule has 1 unspecified atom stereocenters. The molecule has 0 spiro atoms. The number of fused-ring (bicyclic) bond motifs is 4. The fourth-order valence-electron chi connectivity index (χ4n) is 8.47. The highest BCUT2D eigenvalue weighted by atomic mass is 35.5. The molecule has 13 heteroatoms. The molecule has 2 fully saturated rings. The van der Waals surface area contributed by atoms with Crippen molar-refractivity contribution in [3.8, 4) is 0 Å². The number of hydrogen-bond donors (Lipinski definition) is 4. The second-order valence-electron chi connectivity index (χ2n) is 14.2. The highest BCUT2D eigenvalue weighted by molar-refractivity contribution is 6.34. The van der Waals surface area contributed by atoms with Crippen molar-refractivity contribution in [1.82, 2.24) is 10.6 Å².